The molecule has 104 valence electrons. The van der Waals surface area contributed by atoms with Crippen LogP contribution >= 0.6 is 0 Å². The molecule has 0 aliphatic rings. The first-order chi connectivity index (χ1) is 9.19. The molecule has 1 unspecified atom stereocenters. The number of rotatable bonds is 8. The van der Waals surface area contributed by atoms with Gasteiger partial charge in [-0.3, -0.25) is 9.59 Å². The average molecular weight is 265 g/mol. The maximum atomic E-state index is 11.7. The van der Waals surface area contributed by atoms with Gasteiger partial charge in [-0.05, 0) is 25.5 Å². The summed E-state index contributed by atoms with van der Waals surface area (Å²) in [6, 6.07) is 6.81. The van der Waals surface area contributed by atoms with Crippen LogP contribution in [0.2, 0.25) is 0 Å². The number of carbonyl (C=O) groups is 2. The summed E-state index contributed by atoms with van der Waals surface area (Å²) in [6.45, 7) is 2.78. The minimum Gasteiger partial charge on any atom is -0.480 e. The third-order valence-electron chi connectivity index (χ3n) is 2.54. The maximum Gasteiger partial charge on any atom is 0.260 e. The molecule has 1 N–H and O–H groups in total. The van der Waals surface area contributed by atoms with Crippen molar-refractivity contribution in [3.05, 3.63) is 29.8 Å². The molecule has 0 saturated heterocycles. The molecule has 0 aliphatic carbocycles. The standard InChI is InChI=1S/C14H19NO4/c1-11(14(17)15-8-5-9-18-2)19-13-7-4-3-6-12(13)10-16/h3-4,6-7,10-11H,5,8-9H2,1-2H3,(H,15,17). The van der Waals surface area contributed by atoms with Crippen molar-refractivity contribution in [2.45, 2.75) is 19.4 Å². The fraction of sp³-hybridized carbons (Fsp3) is 0.429. The summed E-state index contributed by atoms with van der Waals surface area (Å²) in [5.74, 6) is 0.203. The summed E-state index contributed by atoms with van der Waals surface area (Å²) in [7, 11) is 1.61. The van der Waals surface area contributed by atoms with Gasteiger partial charge in [0.05, 0.1) is 5.56 Å². The third kappa shape index (κ3) is 5.09. The van der Waals surface area contributed by atoms with Crippen molar-refractivity contribution in [1.82, 2.24) is 5.32 Å². The summed E-state index contributed by atoms with van der Waals surface area (Å²) in [5, 5.41) is 2.74. The van der Waals surface area contributed by atoms with Gasteiger partial charge in [0.1, 0.15) is 5.75 Å². The SMILES string of the molecule is COCCCNC(=O)C(C)Oc1ccccc1C=O. The summed E-state index contributed by atoms with van der Waals surface area (Å²) < 4.78 is 10.4. The van der Waals surface area contributed by atoms with E-state index in [-0.39, 0.29) is 5.91 Å². The highest BCUT2D eigenvalue weighted by Crippen LogP contribution is 2.17. The Kier molecular flexibility index (Phi) is 6.60. The average Bonchev–Trinajstić information content (AvgIpc) is 2.44. The van der Waals surface area contributed by atoms with Crippen LogP contribution < -0.4 is 10.1 Å². The molecule has 0 spiro atoms. The minimum atomic E-state index is -0.649. The van der Waals surface area contributed by atoms with Gasteiger partial charge in [-0.15, -0.1) is 0 Å². The van der Waals surface area contributed by atoms with Gasteiger partial charge in [-0.1, -0.05) is 12.1 Å². The molecule has 5 nitrogen and oxygen atoms in total. The molecule has 0 heterocycles. The van der Waals surface area contributed by atoms with Crippen LogP contribution in [-0.2, 0) is 9.53 Å². The normalized spacial score (nSPS) is 11.7. The molecule has 0 aliphatic heterocycles. The number of hydrogen-bond acceptors (Lipinski definition) is 4. The molecular formula is C14H19NO4. The van der Waals surface area contributed by atoms with Gasteiger partial charge < -0.3 is 14.8 Å². The second-order valence-electron chi connectivity index (χ2n) is 4.05. The van der Waals surface area contributed by atoms with Gasteiger partial charge in [0.15, 0.2) is 12.4 Å². The van der Waals surface area contributed by atoms with Crippen LogP contribution in [0.25, 0.3) is 0 Å². The first-order valence-corrected chi connectivity index (χ1v) is 6.16. The number of para-hydroxylation sites is 1. The fourth-order valence-electron chi connectivity index (χ4n) is 1.50. The molecule has 0 fully saturated rings. The minimum absolute atomic E-state index is 0.211. The molecule has 1 rings (SSSR count). The predicted octanol–water partition coefficient (Wildman–Crippen LogP) is 1.42. The Bertz CT molecular complexity index is 420. The number of aldehydes is 1. The van der Waals surface area contributed by atoms with Crippen LogP contribution in [0.4, 0.5) is 0 Å². The van der Waals surface area contributed by atoms with Gasteiger partial charge in [0, 0.05) is 20.3 Å². The number of methoxy groups -OCH3 is 1. The quantitative estimate of drug-likeness (QED) is 0.570. The van der Waals surface area contributed by atoms with Crippen molar-refractivity contribution in [2.75, 3.05) is 20.3 Å². The number of carbonyl (C=O) groups excluding carboxylic acids is 2. The Hall–Kier alpha value is -1.88. The summed E-state index contributed by atoms with van der Waals surface area (Å²) in [4.78, 5) is 22.6. The third-order valence-corrected chi connectivity index (χ3v) is 2.54. The Balaban J connectivity index is 2.47. The molecule has 0 saturated carbocycles. The zero-order valence-corrected chi connectivity index (χ0v) is 11.2. The summed E-state index contributed by atoms with van der Waals surface area (Å²) in [5.41, 5.74) is 0.432. The van der Waals surface area contributed by atoms with Crippen molar-refractivity contribution in [2.24, 2.45) is 0 Å². The number of ether oxygens (including phenoxy) is 2. The molecule has 1 aromatic rings. The molecule has 0 radical (unpaired) electrons. The van der Waals surface area contributed by atoms with Crippen LogP contribution in [0, 0.1) is 0 Å². The van der Waals surface area contributed by atoms with E-state index in [0.29, 0.717) is 30.8 Å². The highest BCUT2D eigenvalue weighted by Gasteiger charge is 2.15. The van der Waals surface area contributed by atoms with Crippen molar-refractivity contribution in [1.29, 1.82) is 0 Å². The molecule has 1 amide bonds. The van der Waals surface area contributed by atoms with Crippen molar-refractivity contribution in [3.63, 3.8) is 0 Å². The van der Waals surface area contributed by atoms with E-state index in [9.17, 15) is 9.59 Å². The maximum absolute atomic E-state index is 11.7. The van der Waals surface area contributed by atoms with Gasteiger partial charge in [-0.2, -0.15) is 0 Å². The lowest BCUT2D eigenvalue weighted by atomic mass is 10.2. The molecule has 0 aromatic heterocycles. The number of nitrogens with one attached hydrogen (secondary N) is 1. The van der Waals surface area contributed by atoms with Crippen LogP contribution in [-0.4, -0.2) is 38.6 Å². The second kappa shape index (κ2) is 8.26. The summed E-state index contributed by atoms with van der Waals surface area (Å²) >= 11 is 0. The number of amides is 1. The van der Waals surface area contributed by atoms with Gasteiger partial charge in [-0.25, -0.2) is 0 Å². The van der Waals surface area contributed by atoms with E-state index in [1.165, 1.54) is 0 Å². The molecule has 5 heteroatoms. The number of hydrogen-bond donors (Lipinski definition) is 1. The van der Waals surface area contributed by atoms with E-state index in [4.69, 9.17) is 9.47 Å². The summed E-state index contributed by atoms with van der Waals surface area (Å²) in [6.07, 6.45) is 0.807. The Morgan fingerprint density at radius 1 is 1.42 bits per heavy atom. The van der Waals surface area contributed by atoms with E-state index in [2.05, 4.69) is 5.32 Å². The monoisotopic (exact) mass is 265 g/mol. The topological polar surface area (TPSA) is 64.6 Å². The van der Waals surface area contributed by atoms with E-state index < -0.39 is 6.10 Å². The Morgan fingerprint density at radius 3 is 2.84 bits per heavy atom. The van der Waals surface area contributed by atoms with Crippen molar-refractivity contribution in [3.8, 4) is 5.75 Å². The number of benzene rings is 1. The Morgan fingerprint density at radius 2 is 2.16 bits per heavy atom. The van der Waals surface area contributed by atoms with Crippen LogP contribution in [0.15, 0.2) is 24.3 Å². The van der Waals surface area contributed by atoms with Crippen LogP contribution in [0.1, 0.15) is 23.7 Å². The highest BCUT2D eigenvalue weighted by molar-refractivity contribution is 5.82. The van der Waals surface area contributed by atoms with E-state index in [1.807, 2.05) is 0 Å². The van der Waals surface area contributed by atoms with Crippen LogP contribution in [0.5, 0.6) is 5.75 Å². The van der Waals surface area contributed by atoms with E-state index >= 15 is 0 Å². The second-order valence-corrected chi connectivity index (χ2v) is 4.05. The van der Waals surface area contributed by atoms with Crippen molar-refractivity contribution < 1.29 is 19.1 Å². The lowest BCUT2D eigenvalue weighted by Crippen LogP contribution is -2.37. The zero-order chi connectivity index (χ0) is 14.1. The smallest absolute Gasteiger partial charge is 0.260 e. The first-order valence-electron chi connectivity index (χ1n) is 6.16. The highest BCUT2D eigenvalue weighted by atomic mass is 16.5. The van der Waals surface area contributed by atoms with E-state index in [1.54, 1.807) is 38.3 Å². The zero-order valence-electron chi connectivity index (χ0n) is 11.2. The molecule has 0 bridgehead atoms. The van der Waals surface area contributed by atoms with Gasteiger partial charge >= 0.3 is 0 Å². The fourth-order valence-corrected chi connectivity index (χ4v) is 1.50. The van der Waals surface area contributed by atoms with E-state index in [0.717, 1.165) is 6.42 Å². The largest absolute Gasteiger partial charge is 0.480 e. The van der Waals surface area contributed by atoms with Crippen LogP contribution in [0.3, 0.4) is 0 Å². The molecular weight excluding hydrogens is 246 g/mol. The molecule has 1 atom stereocenters. The van der Waals surface area contributed by atoms with Gasteiger partial charge in [0.2, 0.25) is 0 Å². The predicted molar refractivity (Wildman–Crippen MR) is 71.4 cm³/mol. The van der Waals surface area contributed by atoms with Gasteiger partial charge in [0.25, 0.3) is 5.91 Å². The molecule has 19 heavy (non-hydrogen) atoms. The molecule has 1 aromatic carbocycles. The Labute approximate surface area is 112 Å². The van der Waals surface area contributed by atoms with Crippen molar-refractivity contribution >= 4 is 12.2 Å². The lowest BCUT2D eigenvalue weighted by Gasteiger charge is -2.15. The first kappa shape index (κ1) is 15.2. The lowest BCUT2D eigenvalue weighted by molar-refractivity contribution is -0.127.